The third-order valence-corrected chi connectivity index (χ3v) is 1.10. The summed E-state index contributed by atoms with van der Waals surface area (Å²) in [6.07, 6.45) is 0. The number of phenolic OH excluding ortho intramolecular Hbond substituents is 1. The van der Waals surface area contributed by atoms with E-state index in [0.717, 1.165) is 0 Å². The molecule has 0 spiro atoms. The molecule has 0 saturated carbocycles. The van der Waals surface area contributed by atoms with Crippen LogP contribution in [0.4, 0.5) is 0 Å². The molecule has 0 aliphatic heterocycles. The zero-order valence-corrected chi connectivity index (χ0v) is 6.67. The van der Waals surface area contributed by atoms with Crippen molar-refractivity contribution in [1.29, 1.82) is 0 Å². The first-order valence-corrected chi connectivity index (χ1v) is 2.95. The molecule has 3 nitrogen and oxygen atoms in total. The van der Waals surface area contributed by atoms with Gasteiger partial charge in [-0.1, -0.05) is 12.1 Å². The van der Waals surface area contributed by atoms with Crippen molar-refractivity contribution in [3.05, 3.63) is 24.3 Å². The molecular formula is C7H10ClNO2. The second-order valence-corrected chi connectivity index (χ2v) is 1.78. The Balaban J connectivity index is 0.000001000. The molecule has 11 heavy (non-hydrogen) atoms. The summed E-state index contributed by atoms with van der Waals surface area (Å²) in [6, 6.07) is 6.69. The van der Waals surface area contributed by atoms with Crippen LogP contribution < -0.4 is 10.5 Å². The van der Waals surface area contributed by atoms with Crippen molar-refractivity contribution in [1.82, 2.24) is 0 Å². The van der Waals surface area contributed by atoms with E-state index in [1.807, 2.05) is 0 Å². The van der Waals surface area contributed by atoms with Crippen LogP contribution in [0, 0.1) is 0 Å². The Morgan fingerprint density at radius 1 is 1.36 bits per heavy atom. The number of phenols is 1. The summed E-state index contributed by atoms with van der Waals surface area (Å²) >= 11 is 0. The number of hydrogen-bond donors (Lipinski definition) is 2. The molecule has 0 heterocycles. The Kier molecular flexibility index (Phi) is 4.41. The summed E-state index contributed by atoms with van der Waals surface area (Å²) in [5.74, 6) is 0.540. The molecule has 0 amide bonds. The molecule has 0 fully saturated rings. The normalized spacial score (nSPS) is 8.45. The van der Waals surface area contributed by atoms with Crippen LogP contribution in [0.5, 0.6) is 11.5 Å². The number of aromatic hydroxyl groups is 1. The van der Waals surface area contributed by atoms with E-state index in [9.17, 15) is 0 Å². The van der Waals surface area contributed by atoms with Gasteiger partial charge in [-0.05, 0) is 12.1 Å². The molecule has 1 aromatic rings. The first kappa shape index (κ1) is 10.1. The number of hydrogen-bond acceptors (Lipinski definition) is 3. The monoisotopic (exact) mass is 175 g/mol. The van der Waals surface area contributed by atoms with E-state index in [0.29, 0.717) is 5.75 Å². The highest BCUT2D eigenvalue weighted by Gasteiger charge is 1.96. The molecule has 0 atom stereocenters. The Morgan fingerprint density at radius 2 is 2.00 bits per heavy atom. The molecule has 62 valence electrons. The average Bonchev–Trinajstić information content (AvgIpc) is 1.94. The van der Waals surface area contributed by atoms with E-state index < -0.39 is 0 Å². The highest BCUT2D eigenvalue weighted by atomic mass is 35.5. The fraction of sp³-hybridized carbons (Fsp3) is 0.143. The van der Waals surface area contributed by atoms with E-state index in [1.165, 1.54) is 0 Å². The molecule has 0 radical (unpaired) electrons. The Hall–Kier alpha value is -0.930. The third-order valence-electron chi connectivity index (χ3n) is 1.10. The van der Waals surface area contributed by atoms with Crippen molar-refractivity contribution in [2.75, 3.05) is 6.73 Å². The second-order valence-electron chi connectivity index (χ2n) is 1.78. The van der Waals surface area contributed by atoms with Gasteiger partial charge in [0.2, 0.25) is 0 Å². The van der Waals surface area contributed by atoms with Crippen molar-refractivity contribution in [2.24, 2.45) is 5.73 Å². The van der Waals surface area contributed by atoms with Crippen molar-refractivity contribution >= 4 is 12.4 Å². The summed E-state index contributed by atoms with van der Waals surface area (Å²) in [6.45, 7) is 0.0809. The number of para-hydroxylation sites is 2. The first-order chi connectivity index (χ1) is 4.84. The van der Waals surface area contributed by atoms with Crippen molar-refractivity contribution in [3.63, 3.8) is 0 Å². The molecule has 0 aromatic heterocycles. The number of rotatable bonds is 2. The van der Waals surface area contributed by atoms with Crippen molar-refractivity contribution in [3.8, 4) is 11.5 Å². The molecular weight excluding hydrogens is 166 g/mol. The minimum Gasteiger partial charge on any atom is -0.504 e. The lowest BCUT2D eigenvalue weighted by atomic mass is 10.3. The van der Waals surface area contributed by atoms with Crippen LogP contribution in [0.25, 0.3) is 0 Å². The van der Waals surface area contributed by atoms with Crippen LogP contribution in [0.3, 0.4) is 0 Å². The predicted molar refractivity (Wildman–Crippen MR) is 45.0 cm³/mol. The van der Waals surface area contributed by atoms with Gasteiger partial charge in [0.15, 0.2) is 11.5 Å². The van der Waals surface area contributed by atoms with Gasteiger partial charge >= 0.3 is 0 Å². The lowest BCUT2D eigenvalue weighted by Gasteiger charge is -2.02. The fourth-order valence-electron chi connectivity index (χ4n) is 0.669. The molecule has 0 aliphatic carbocycles. The van der Waals surface area contributed by atoms with Crippen LogP contribution in [-0.4, -0.2) is 11.8 Å². The SMILES string of the molecule is Cl.NCOc1ccccc1O. The molecule has 0 aliphatic rings. The van der Waals surface area contributed by atoms with E-state index in [2.05, 4.69) is 0 Å². The number of halogens is 1. The van der Waals surface area contributed by atoms with Crippen LogP contribution in [0.1, 0.15) is 0 Å². The summed E-state index contributed by atoms with van der Waals surface area (Å²) in [5, 5.41) is 9.06. The van der Waals surface area contributed by atoms with Crippen LogP contribution >= 0.6 is 12.4 Å². The predicted octanol–water partition coefficient (Wildman–Crippen LogP) is 1.11. The fourth-order valence-corrected chi connectivity index (χ4v) is 0.669. The Bertz CT molecular complexity index is 217. The zero-order valence-electron chi connectivity index (χ0n) is 5.86. The molecule has 1 rings (SSSR count). The van der Waals surface area contributed by atoms with Gasteiger partial charge in [-0.25, -0.2) is 0 Å². The number of benzene rings is 1. The highest BCUT2D eigenvalue weighted by Crippen LogP contribution is 2.23. The van der Waals surface area contributed by atoms with Gasteiger partial charge in [0.1, 0.15) is 6.73 Å². The largest absolute Gasteiger partial charge is 0.504 e. The quantitative estimate of drug-likeness (QED) is 0.663. The van der Waals surface area contributed by atoms with E-state index in [-0.39, 0.29) is 24.9 Å². The van der Waals surface area contributed by atoms with E-state index >= 15 is 0 Å². The molecule has 0 bridgehead atoms. The molecule has 0 saturated heterocycles. The molecule has 4 heteroatoms. The third kappa shape index (κ3) is 2.65. The van der Waals surface area contributed by atoms with Crippen LogP contribution in [0.2, 0.25) is 0 Å². The van der Waals surface area contributed by atoms with Gasteiger partial charge < -0.3 is 9.84 Å². The maximum Gasteiger partial charge on any atom is 0.162 e. The van der Waals surface area contributed by atoms with Crippen molar-refractivity contribution < 1.29 is 9.84 Å². The standard InChI is InChI=1S/C7H9NO2.ClH/c8-5-10-7-4-2-1-3-6(7)9;/h1-4,9H,5,8H2;1H. The highest BCUT2D eigenvalue weighted by molar-refractivity contribution is 5.85. The van der Waals surface area contributed by atoms with Gasteiger partial charge in [-0.2, -0.15) is 0 Å². The average molecular weight is 176 g/mol. The smallest absolute Gasteiger partial charge is 0.162 e. The second kappa shape index (κ2) is 4.82. The lowest BCUT2D eigenvalue weighted by molar-refractivity contribution is 0.309. The van der Waals surface area contributed by atoms with Gasteiger partial charge in [-0.15, -0.1) is 12.4 Å². The van der Waals surface area contributed by atoms with Crippen molar-refractivity contribution in [2.45, 2.75) is 0 Å². The molecule has 0 unspecified atom stereocenters. The van der Waals surface area contributed by atoms with E-state index in [1.54, 1.807) is 24.3 Å². The first-order valence-electron chi connectivity index (χ1n) is 2.95. The Labute approximate surface area is 71.2 Å². The van der Waals surface area contributed by atoms with Crippen LogP contribution in [-0.2, 0) is 0 Å². The van der Waals surface area contributed by atoms with Gasteiger partial charge in [-0.3, -0.25) is 5.73 Å². The van der Waals surface area contributed by atoms with Gasteiger partial charge in [0, 0.05) is 0 Å². The Morgan fingerprint density at radius 3 is 2.55 bits per heavy atom. The maximum absolute atomic E-state index is 9.06. The summed E-state index contributed by atoms with van der Waals surface area (Å²) in [5.41, 5.74) is 5.10. The van der Waals surface area contributed by atoms with Gasteiger partial charge in [0.25, 0.3) is 0 Å². The minimum absolute atomic E-state index is 0. The number of nitrogens with two attached hydrogens (primary N) is 1. The number of ether oxygens (including phenoxy) is 1. The molecule has 1 aromatic carbocycles. The summed E-state index contributed by atoms with van der Waals surface area (Å²) < 4.78 is 4.86. The zero-order chi connectivity index (χ0) is 7.40. The molecule has 3 N–H and O–H groups in total. The summed E-state index contributed by atoms with van der Waals surface area (Å²) in [4.78, 5) is 0. The minimum atomic E-state index is 0. The summed E-state index contributed by atoms with van der Waals surface area (Å²) in [7, 11) is 0. The van der Waals surface area contributed by atoms with Crippen LogP contribution in [0.15, 0.2) is 24.3 Å². The lowest BCUT2D eigenvalue weighted by Crippen LogP contribution is -2.07. The maximum atomic E-state index is 9.06. The van der Waals surface area contributed by atoms with Gasteiger partial charge in [0.05, 0.1) is 0 Å². The topological polar surface area (TPSA) is 55.5 Å². The van der Waals surface area contributed by atoms with E-state index in [4.69, 9.17) is 15.6 Å².